The number of alkyl halides is 3. The van der Waals surface area contributed by atoms with Gasteiger partial charge in [-0.05, 0) is 24.3 Å². The van der Waals surface area contributed by atoms with Crippen LogP contribution in [0.25, 0.3) is 0 Å². The Balaban J connectivity index is 1.63. The third kappa shape index (κ3) is 5.16. The Morgan fingerprint density at radius 2 is 1.74 bits per heavy atom. The van der Waals surface area contributed by atoms with Crippen molar-refractivity contribution in [2.24, 2.45) is 0 Å². The molecular formula is C20H20F3N3O5. The van der Waals surface area contributed by atoms with Gasteiger partial charge in [0.15, 0.2) is 18.1 Å². The van der Waals surface area contributed by atoms with Crippen LogP contribution in [0, 0.1) is 10.1 Å². The molecule has 0 aliphatic carbocycles. The van der Waals surface area contributed by atoms with Crippen LogP contribution in [-0.4, -0.2) is 55.6 Å². The number of carbonyl (C=O) groups is 1. The quantitative estimate of drug-likeness (QED) is 0.507. The molecule has 1 aliphatic rings. The van der Waals surface area contributed by atoms with E-state index in [9.17, 15) is 28.1 Å². The maximum atomic E-state index is 12.9. The Morgan fingerprint density at radius 1 is 1.10 bits per heavy atom. The van der Waals surface area contributed by atoms with Crippen LogP contribution >= 0.6 is 0 Å². The number of methoxy groups -OCH3 is 1. The Morgan fingerprint density at radius 3 is 2.32 bits per heavy atom. The summed E-state index contributed by atoms with van der Waals surface area (Å²) in [6, 6.07) is 9.35. The van der Waals surface area contributed by atoms with Gasteiger partial charge in [0.2, 0.25) is 0 Å². The molecule has 1 aliphatic heterocycles. The molecule has 0 aromatic heterocycles. The van der Waals surface area contributed by atoms with Gasteiger partial charge in [0.1, 0.15) is 5.69 Å². The number of anilines is 1. The van der Waals surface area contributed by atoms with Crippen LogP contribution in [0.1, 0.15) is 5.56 Å². The van der Waals surface area contributed by atoms with Crippen LogP contribution in [-0.2, 0) is 11.0 Å². The largest absolute Gasteiger partial charge is 0.493 e. The number of piperazine rings is 1. The molecule has 0 bridgehead atoms. The fraction of sp³-hybridized carbons (Fsp3) is 0.350. The number of hydrogen-bond donors (Lipinski definition) is 0. The zero-order chi connectivity index (χ0) is 22.6. The summed E-state index contributed by atoms with van der Waals surface area (Å²) < 4.78 is 49.4. The molecular weight excluding hydrogens is 419 g/mol. The number of amides is 1. The van der Waals surface area contributed by atoms with Crippen molar-refractivity contribution < 1.29 is 32.4 Å². The van der Waals surface area contributed by atoms with E-state index in [0.29, 0.717) is 17.6 Å². The minimum atomic E-state index is -4.67. The van der Waals surface area contributed by atoms with Crippen molar-refractivity contribution in [3.05, 3.63) is 58.1 Å². The standard InChI is InChI=1S/C20H20F3N3O5/c1-30-17-4-2-3-5-18(17)31-13-19(27)25-10-8-24(9-11-25)15-7-6-14(20(21,22)23)12-16(15)26(28)29/h2-7,12H,8-11,13H2,1H3. The Kier molecular flexibility index (Phi) is 6.52. The average molecular weight is 439 g/mol. The number of nitro benzene ring substituents is 1. The smallest absolute Gasteiger partial charge is 0.416 e. The lowest BCUT2D eigenvalue weighted by Gasteiger charge is -2.35. The molecule has 1 saturated heterocycles. The summed E-state index contributed by atoms with van der Waals surface area (Å²) in [7, 11) is 1.49. The first-order chi connectivity index (χ1) is 14.7. The highest BCUT2D eigenvalue weighted by atomic mass is 19.4. The summed E-state index contributed by atoms with van der Waals surface area (Å²) in [5, 5.41) is 11.3. The zero-order valence-electron chi connectivity index (χ0n) is 16.6. The Hall–Kier alpha value is -3.50. The first kappa shape index (κ1) is 22.2. The summed E-state index contributed by atoms with van der Waals surface area (Å²) in [5.74, 6) is 0.652. The lowest BCUT2D eigenvalue weighted by molar-refractivity contribution is -0.384. The first-order valence-corrected chi connectivity index (χ1v) is 9.35. The highest BCUT2D eigenvalue weighted by Gasteiger charge is 2.34. The fourth-order valence-corrected chi connectivity index (χ4v) is 3.28. The monoisotopic (exact) mass is 439 g/mol. The van der Waals surface area contributed by atoms with Crippen molar-refractivity contribution in [1.82, 2.24) is 4.90 Å². The van der Waals surface area contributed by atoms with Crippen molar-refractivity contribution in [2.75, 3.05) is 44.8 Å². The molecule has 3 rings (SSSR count). The molecule has 0 saturated carbocycles. The number of hydrogen-bond acceptors (Lipinski definition) is 6. The van der Waals surface area contributed by atoms with Crippen LogP contribution in [0.3, 0.4) is 0 Å². The third-order valence-corrected chi connectivity index (χ3v) is 4.89. The van der Waals surface area contributed by atoms with Crippen molar-refractivity contribution in [2.45, 2.75) is 6.18 Å². The fourth-order valence-electron chi connectivity index (χ4n) is 3.28. The van der Waals surface area contributed by atoms with E-state index in [1.807, 2.05) is 0 Å². The van der Waals surface area contributed by atoms with E-state index in [1.165, 1.54) is 7.11 Å². The molecule has 0 atom stereocenters. The molecule has 8 nitrogen and oxygen atoms in total. The molecule has 0 N–H and O–H groups in total. The number of rotatable bonds is 6. The lowest BCUT2D eigenvalue weighted by atomic mass is 10.1. The van der Waals surface area contributed by atoms with Crippen molar-refractivity contribution in [3.8, 4) is 11.5 Å². The molecule has 31 heavy (non-hydrogen) atoms. The van der Waals surface area contributed by atoms with Crippen LogP contribution in [0.5, 0.6) is 11.5 Å². The third-order valence-electron chi connectivity index (χ3n) is 4.89. The molecule has 2 aromatic carbocycles. The van der Waals surface area contributed by atoms with E-state index in [4.69, 9.17) is 9.47 Å². The van der Waals surface area contributed by atoms with Gasteiger partial charge in [-0.2, -0.15) is 13.2 Å². The highest BCUT2D eigenvalue weighted by Crippen LogP contribution is 2.36. The van der Waals surface area contributed by atoms with Crippen molar-refractivity contribution in [3.63, 3.8) is 0 Å². The van der Waals surface area contributed by atoms with E-state index in [1.54, 1.807) is 34.1 Å². The number of para-hydroxylation sites is 2. The first-order valence-electron chi connectivity index (χ1n) is 9.35. The van der Waals surface area contributed by atoms with E-state index >= 15 is 0 Å². The van der Waals surface area contributed by atoms with E-state index in [-0.39, 0.29) is 44.4 Å². The maximum absolute atomic E-state index is 12.9. The topological polar surface area (TPSA) is 85.2 Å². The molecule has 166 valence electrons. The molecule has 1 fully saturated rings. The summed E-state index contributed by atoms with van der Waals surface area (Å²) in [6.45, 7) is 0.790. The van der Waals surface area contributed by atoms with E-state index < -0.39 is 22.4 Å². The van der Waals surface area contributed by atoms with Crippen LogP contribution in [0.2, 0.25) is 0 Å². The Bertz CT molecular complexity index is 959. The number of benzene rings is 2. The molecule has 2 aromatic rings. The van der Waals surface area contributed by atoms with Gasteiger partial charge in [-0.1, -0.05) is 12.1 Å². The van der Waals surface area contributed by atoms with Gasteiger partial charge in [0.05, 0.1) is 17.6 Å². The predicted octanol–water partition coefficient (Wildman–Crippen LogP) is 3.35. The molecule has 0 unspecified atom stereocenters. The normalized spacial score (nSPS) is 14.3. The van der Waals surface area contributed by atoms with E-state index in [2.05, 4.69) is 0 Å². The predicted molar refractivity (Wildman–Crippen MR) is 105 cm³/mol. The molecule has 1 heterocycles. The van der Waals surface area contributed by atoms with Crippen LogP contribution in [0.15, 0.2) is 42.5 Å². The minimum absolute atomic E-state index is 0.0929. The van der Waals surface area contributed by atoms with Gasteiger partial charge in [-0.15, -0.1) is 0 Å². The summed E-state index contributed by atoms with van der Waals surface area (Å²) >= 11 is 0. The second-order valence-electron chi connectivity index (χ2n) is 6.77. The molecule has 11 heteroatoms. The van der Waals surface area contributed by atoms with Crippen LogP contribution in [0.4, 0.5) is 24.5 Å². The number of halogens is 3. The number of ether oxygens (including phenoxy) is 2. The number of nitrogens with zero attached hydrogens (tertiary/aromatic N) is 3. The van der Waals surface area contributed by atoms with Gasteiger partial charge < -0.3 is 19.3 Å². The maximum Gasteiger partial charge on any atom is 0.416 e. The summed E-state index contributed by atoms with van der Waals surface area (Å²) in [4.78, 5) is 26.1. The van der Waals surface area contributed by atoms with Gasteiger partial charge in [-0.3, -0.25) is 14.9 Å². The van der Waals surface area contributed by atoms with Gasteiger partial charge in [0.25, 0.3) is 11.6 Å². The zero-order valence-corrected chi connectivity index (χ0v) is 16.6. The summed E-state index contributed by atoms with van der Waals surface area (Å²) in [5.41, 5.74) is -1.60. The van der Waals surface area contributed by atoms with Gasteiger partial charge in [0, 0.05) is 32.2 Å². The van der Waals surface area contributed by atoms with Gasteiger partial charge in [-0.25, -0.2) is 0 Å². The SMILES string of the molecule is COc1ccccc1OCC(=O)N1CCN(c2ccc(C(F)(F)F)cc2[N+](=O)[O-])CC1. The molecule has 1 amide bonds. The number of carbonyl (C=O) groups excluding carboxylic acids is 1. The second-order valence-corrected chi connectivity index (χ2v) is 6.77. The minimum Gasteiger partial charge on any atom is -0.493 e. The van der Waals surface area contributed by atoms with E-state index in [0.717, 1.165) is 12.1 Å². The second kappa shape index (κ2) is 9.11. The average Bonchev–Trinajstić information content (AvgIpc) is 2.76. The number of nitro groups is 1. The van der Waals surface area contributed by atoms with Crippen molar-refractivity contribution >= 4 is 17.3 Å². The lowest BCUT2D eigenvalue weighted by Crippen LogP contribution is -2.50. The van der Waals surface area contributed by atoms with Gasteiger partial charge >= 0.3 is 6.18 Å². The molecule has 0 radical (unpaired) electrons. The molecule has 0 spiro atoms. The summed E-state index contributed by atoms with van der Waals surface area (Å²) in [6.07, 6.45) is -4.67. The highest BCUT2D eigenvalue weighted by molar-refractivity contribution is 5.78. The van der Waals surface area contributed by atoms with Crippen LogP contribution < -0.4 is 14.4 Å². The Labute approximate surface area is 175 Å². The van der Waals surface area contributed by atoms with Crippen molar-refractivity contribution in [1.29, 1.82) is 0 Å².